The second-order valence-electron chi connectivity index (χ2n) is 4.84. The van der Waals surface area contributed by atoms with Crippen molar-refractivity contribution in [2.24, 2.45) is 0 Å². The highest BCUT2D eigenvalue weighted by Crippen LogP contribution is 2.25. The third kappa shape index (κ3) is 4.34. The Bertz CT molecular complexity index is 361. The van der Waals surface area contributed by atoms with Crippen LogP contribution >= 0.6 is 11.8 Å². The van der Waals surface area contributed by atoms with Crippen LogP contribution in [-0.2, 0) is 0 Å². The van der Waals surface area contributed by atoms with Gasteiger partial charge in [0.15, 0.2) is 0 Å². The van der Waals surface area contributed by atoms with Crippen molar-refractivity contribution in [2.45, 2.75) is 37.6 Å². The van der Waals surface area contributed by atoms with Gasteiger partial charge >= 0.3 is 0 Å². The van der Waals surface area contributed by atoms with Gasteiger partial charge in [-0.3, -0.25) is 0 Å². The smallest absolute Gasteiger partial charge is 0.0610 e. The van der Waals surface area contributed by atoms with E-state index in [9.17, 15) is 5.11 Å². The second kappa shape index (κ2) is 6.43. The van der Waals surface area contributed by atoms with E-state index in [1.165, 1.54) is 16.0 Å². The molecule has 0 aromatic heterocycles. The molecule has 0 radical (unpaired) electrons. The molecule has 3 heteroatoms. The number of rotatable bonds is 6. The zero-order valence-electron chi connectivity index (χ0n) is 11.2. The van der Waals surface area contributed by atoms with Crippen LogP contribution < -0.4 is 5.32 Å². The van der Waals surface area contributed by atoms with Crippen molar-refractivity contribution >= 4 is 11.8 Å². The number of likely N-dealkylation sites (N-methyl/N-ethyl adjacent to an activating group) is 1. The number of hydrogen-bond acceptors (Lipinski definition) is 3. The van der Waals surface area contributed by atoms with Crippen molar-refractivity contribution in [2.75, 3.05) is 19.4 Å². The number of aliphatic hydroxyl groups is 1. The van der Waals surface area contributed by atoms with Crippen LogP contribution in [0, 0.1) is 13.8 Å². The molecule has 1 rings (SSSR count). The monoisotopic (exact) mass is 253 g/mol. The lowest BCUT2D eigenvalue weighted by Crippen LogP contribution is -2.43. The Morgan fingerprint density at radius 2 is 2.06 bits per heavy atom. The summed E-state index contributed by atoms with van der Waals surface area (Å²) in [5.74, 6) is 1.02. The molecule has 0 amide bonds. The van der Waals surface area contributed by atoms with Crippen molar-refractivity contribution in [1.29, 1.82) is 0 Å². The molecule has 96 valence electrons. The third-order valence-electron chi connectivity index (χ3n) is 3.21. The number of aryl methyl sites for hydroxylation is 2. The third-order valence-corrected chi connectivity index (χ3v) is 4.37. The van der Waals surface area contributed by atoms with Crippen molar-refractivity contribution in [3.05, 3.63) is 29.3 Å². The Morgan fingerprint density at radius 3 is 2.65 bits per heavy atom. The number of nitrogens with one attached hydrogen (secondary N) is 1. The standard InChI is InChI=1S/C14H23NOS/c1-11-5-6-12(2)13(9-11)17-8-7-14(3,10-16)15-4/h5-6,9,15-16H,7-8,10H2,1-4H3. The van der Waals surface area contributed by atoms with Crippen molar-refractivity contribution in [3.63, 3.8) is 0 Å². The van der Waals surface area contributed by atoms with E-state index >= 15 is 0 Å². The summed E-state index contributed by atoms with van der Waals surface area (Å²) in [6.07, 6.45) is 0.956. The summed E-state index contributed by atoms with van der Waals surface area (Å²) in [4.78, 5) is 1.35. The minimum Gasteiger partial charge on any atom is -0.394 e. The molecule has 0 aliphatic rings. The average molecular weight is 253 g/mol. The molecule has 0 bridgehead atoms. The fourth-order valence-corrected chi connectivity index (χ4v) is 2.87. The molecule has 0 aliphatic heterocycles. The van der Waals surface area contributed by atoms with Crippen molar-refractivity contribution in [3.8, 4) is 0 Å². The summed E-state index contributed by atoms with van der Waals surface area (Å²) in [5, 5.41) is 12.5. The summed E-state index contributed by atoms with van der Waals surface area (Å²) in [5.41, 5.74) is 2.47. The van der Waals surface area contributed by atoms with Gasteiger partial charge in [-0.15, -0.1) is 11.8 Å². The number of aliphatic hydroxyl groups excluding tert-OH is 1. The lowest BCUT2D eigenvalue weighted by molar-refractivity contribution is 0.179. The minimum absolute atomic E-state index is 0.162. The first-order valence-corrected chi connectivity index (χ1v) is 6.99. The Hall–Kier alpha value is -0.510. The van der Waals surface area contributed by atoms with Crippen molar-refractivity contribution < 1.29 is 5.11 Å². The average Bonchev–Trinajstić information content (AvgIpc) is 2.33. The Kier molecular flexibility index (Phi) is 5.50. The topological polar surface area (TPSA) is 32.3 Å². The van der Waals surface area contributed by atoms with Crippen LogP contribution in [0.4, 0.5) is 0 Å². The van der Waals surface area contributed by atoms with Gasteiger partial charge in [0.1, 0.15) is 0 Å². The highest BCUT2D eigenvalue weighted by Gasteiger charge is 2.20. The Morgan fingerprint density at radius 1 is 1.35 bits per heavy atom. The van der Waals surface area contributed by atoms with Gasteiger partial charge in [-0.2, -0.15) is 0 Å². The van der Waals surface area contributed by atoms with E-state index in [0.29, 0.717) is 0 Å². The first-order chi connectivity index (χ1) is 8.00. The van der Waals surface area contributed by atoms with Crippen LogP contribution in [0.3, 0.4) is 0 Å². The molecule has 2 nitrogen and oxygen atoms in total. The van der Waals surface area contributed by atoms with Crippen LogP contribution in [0.5, 0.6) is 0 Å². The number of benzene rings is 1. The molecule has 2 N–H and O–H groups in total. The molecule has 0 saturated heterocycles. The SMILES string of the molecule is CNC(C)(CO)CCSc1cc(C)ccc1C. The van der Waals surface area contributed by atoms with E-state index in [4.69, 9.17) is 0 Å². The van der Waals surface area contributed by atoms with E-state index in [2.05, 4.69) is 44.3 Å². The summed E-state index contributed by atoms with van der Waals surface area (Å²) < 4.78 is 0. The van der Waals surface area contributed by atoms with Crippen LogP contribution in [0.1, 0.15) is 24.5 Å². The summed E-state index contributed by atoms with van der Waals surface area (Å²) in [7, 11) is 1.90. The van der Waals surface area contributed by atoms with Gasteiger partial charge in [-0.25, -0.2) is 0 Å². The zero-order chi connectivity index (χ0) is 12.9. The van der Waals surface area contributed by atoms with Crippen molar-refractivity contribution in [1.82, 2.24) is 5.32 Å². The van der Waals surface area contributed by atoms with Crippen LogP contribution in [-0.4, -0.2) is 30.1 Å². The quantitative estimate of drug-likeness (QED) is 0.765. The molecule has 0 heterocycles. The normalized spacial score (nSPS) is 14.6. The number of thioether (sulfide) groups is 1. The van der Waals surface area contributed by atoms with Gasteiger partial charge < -0.3 is 10.4 Å². The highest BCUT2D eigenvalue weighted by atomic mass is 32.2. The molecule has 0 saturated carbocycles. The molecule has 0 fully saturated rings. The van der Waals surface area contributed by atoms with Gasteiger partial charge in [0.05, 0.1) is 6.61 Å². The van der Waals surface area contributed by atoms with Gasteiger partial charge in [0.2, 0.25) is 0 Å². The fraction of sp³-hybridized carbons (Fsp3) is 0.571. The number of hydrogen-bond donors (Lipinski definition) is 2. The van der Waals surface area contributed by atoms with Gasteiger partial charge in [-0.1, -0.05) is 17.7 Å². The largest absolute Gasteiger partial charge is 0.394 e. The first kappa shape index (κ1) is 14.6. The molecular weight excluding hydrogens is 230 g/mol. The van der Waals surface area contributed by atoms with Crippen LogP contribution in [0.2, 0.25) is 0 Å². The Balaban J connectivity index is 2.53. The summed E-state index contributed by atoms with van der Waals surface area (Å²) >= 11 is 1.87. The van der Waals surface area contributed by atoms with E-state index in [0.717, 1.165) is 12.2 Å². The first-order valence-electron chi connectivity index (χ1n) is 6.00. The maximum absolute atomic E-state index is 9.31. The van der Waals surface area contributed by atoms with Gasteiger partial charge in [0, 0.05) is 10.4 Å². The van der Waals surface area contributed by atoms with Crippen LogP contribution in [0.15, 0.2) is 23.1 Å². The Labute approximate surface area is 109 Å². The lowest BCUT2D eigenvalue weighted by Gasteiger charge is -2.26. The van der Waals surface area contributed by atoms with E-state index in [1.54, 1.807) is 0 Å². The summed E-state index contributed by atoms with van der Waals surface area (Å²) in [6, 6.07) is 6.54. The molecule has 17 heavy (non-hydrogen) atoms. The van der Waals surface area contributed by atoms with E-state index < -0.39 is 0 Å². The predicted octanol–water partition coefficient (Wildman–Crippen LogP) is 2.76. The molecule has 0 spiro atoms. The van der Waals surface area contributed by atoms with Gasteiger partial charge in [0.25, 0.3) is 0 Å². The fourth-order valence-electron chi connectivity index (χ4n) is 1.53. The zero-order valence-corrected chi connectivity index (χ0v) is 12.0. The van der Waals surface area contributed by atoms with Crippen LogP contribution in [0.25, 0.3) is 0 Å². The van der Waals surface area contributed by atoms with Gasteiger partial charge in [-0.05, 0) is 51.6 Å². The molecule has 1 aromatic carbocycles. The predicted molar refractivity (Wildman–Crippen MR) is 75.8 cm³/mol. The molecule has 1 unspecified atom stereocenters. The maximum atomic E-state index is 9.31. The second-order valence-corrected chi connectivity index (χ2v) is 5.97. The molecule has 1 atom stereocenters. The maximum Gasteiger partial charge on any atom is 0.0610 e. The molecule has 0 aliphatic carbocycles. The highest BCUT2D eigenvalue weighted by molar-refractivity contribution is 7.99. The lowest BCUT2D eigenvalue weighted by atomic mass is 10.0. The molecular formula is C14H23NOS. The van der Waals surface area contributed by atoms with E-state index in [-0.39, 0.29) is 12.1 Å². The summed E-state index contributed by atoms with van der Waals surface area (Å²) in [6.45, 7) is 6.49. The minimum atomic E-state index is -0.162. The van der Waals surface area contributed by atoms with E-state index in [1.807, 2.05) is 18.8 Å². The molecule has 1 aromatic rings.